The molecule has 29 heavy (non-hydrogen) atoms. The first-order valence-corrected chi connectivity index (χ1v) is 10.8. The summed E-state index contributed by atoms with van der Waals surface area (Å²) in [6, 6.07) is 0. The standard InChI is InChI=1S/C23H38O6/c1-3-4-12-15-21(26)16-13-10-8-6-5-7-9-11-14-17-23(27)28-19-22(18-24)29-20(2)25/h8,10,13,16,22,24H,3-7,9,11-12,14-15,17-19H2,1-2H3/b10-8-,16-13+/t22-/m0/s1. The molecule has 0 fully saturated rings. The molecule has 0 saturated heterocycles. The number of carbonyl (C=O) groups excluding carboxylic acids is 3. The molecule has 0 aromatic rings. The number of rotatable bonds is 18. The number of ketones is 1. The Labute approximate surface area is 175 Å². The third-order valence-electron chi connectivity index (χ3n) is 4.27. The van der Waals surface area contributed by atoms with Gasteiger partial charge in [-0.3, -0.25) is 14.4 Å². The van der Waals surface area contributed by atoms with Crippen molar-refractivity contribution in [3.63, 3.8) is 0 Å². The minimum absolute atomic E-state index is 0.111. The van der Waals surface area contributed by atoms with Gasteiger partial charge in [0.15, 0.2) is 11.9 Å². The van der Waals surface area contributed by atoms with Crippen LogP contribution in [0.4, 0.5) is 0 Å². The number of ether oxygens (including phenoxy) is 2. The van der Waals surface area contributed by atoms with E-state index in [1.807, 2.05) is 12.2 Å². The number of aliphatic hydroxyl groups is 1. The van der Waals surface area contributed by atoms with E-state index in [2.05, 4.69) is 13.0 Å². The van der Waals surface area contributed by atoms with Crippen LogP contribution in [0.2, 0.25) is 0 Å². The summed E-state index contributed by atoms with van der Waals surface area (Å²) in [5, 5.41) is 9.02. The van der Waals surface area contributed by atoms with Crippen LogP contribution in [0.15, 0.2) is 24.3 Å². The van der Waals surface area contributed by atoms with E-state index in [1.165, 1.54) is 6.92 Å². The Hall–Kier alpha value is -1.95. The van der Waals surface area contributed by atoms with Gasteiger partial charge in [-0.15, -0.1) is 0 Å². The molecule has 166 valence electrons. The van der Waals surface area contributed by atoms with E-state index in [0.717, 1.165) is 57.8 Å². The van der Waals surface area contributed by atoms with E-state index in [0.29, 0.717) is 12.8 Å². The molecule has 0 spiro atoms. The van der Waals surface area contributed by atoms with Crippen molar-refractivity contribution in [3.05, 3.63) is 24.3 Å². The molecule has 0 saturated carbocycles. The van der Waals surface area contributed by atoms with Crippen LogP contribution in [0.1, 0.15) is 84.5 Å². The maximum atomic E-state index is 11.6. The smallest absolute Gasteiger partial charge is 0.305 e. The van der Waals surface area contributed by atoms with E-state index < -0.39 is 12.1 Å². The van der Waals surface area contributed by atoms with Crippen LogP contribution < -0.4 is 0 Å². The number of allylic oxidation sites excluding steroid dienone is 4. The fourth-order valence-corrected chi connectivity index (χ4v) is 2.65. The van der Waals surface area contributed by atoms with Gasteiger partial charge in [0.1, 0.15) is 6.61 Å². The van der Waals surface area contributed by atoms with Crippen molar-refractivity contribution < 1.29 is 29.0 Å². The van der Waals surface area contributed by atoms with Crippen molar-refractivity contribution in [3.8, 4) is 0 Å². The Kier molecular flexibility index (Phi) is 18.1. The Morgan fingerprint density at radius 2 is 1.62 bits per heavy atom. The van der Waals surface area contributed by atoms with Crippen LogP contribution in [-0.4, -0.2) is 42.1 Å². The van der Waals surface area contributed by atoms with Crippen LogP contribution in [0.3, 0.4) is 0 Å². The number of aliphatic hydroxyl groups excluding tert-OH is 1. The lowest BCUT2D eigenvalue weighted by atomic mass is 10.1. The maximum absolute atomic E-state index is 11.6. The molecular weight excluding hydrogens is 372 g/mol. The van der Waals surface area contributed by atoms with Crippen molar-refractivity contribution in [2.24, 2.45) is 0 Å². The number of carbonyl (C=O) groups is 3. The topological polar surface area (TPSA) is 89.9 Å². The largest absolute Gasteiger partial charge is 0.462 e. The fraction of sp³-hybridized carbons (Fsp3) is 0.696. The molecule has 0 aromatic carbocycles. The third-order valence-corrected chi connectivity index (χ3v) is 4.27. The molecule has 0 aliphatic heterocycles. The summed E-state index contributed by atoms with van der Waals surface area (Å²) in [6.07, 6.45) is 16.8. The molecule has 6 nitrogen and oxygen atoms in total. The van der Waals surface area contributed by atoms with E-state index in [1.54, 1.807) is 6.08 Å². The number of unbranched alkanes of at least 4 members (excludes halogenated alkanes) is 7. The van der Waals surface area contributed by atoms with Gasteiger partial charge in [0.05, 0.1) is 6.61 Å². The van der Waals surface area contributed by atoms with Crippen LogP contribution in [0.25, 0.3) is 0 Å². The summed E-state index contributed by atoms with van der Waals surface area (Å²) in [6.45, 7) is 2.89. The lowest BCUT2D eigenvalue weighted by Crippen LogP contribution is -2.27. The Balaban J connectivity index is 3.57. The molecule has 6 heteroatoms. The predicted molar refractivity (Wildman–Crippen MR) is 113 cm³/mol. The highest BCUT2D eigenvalue weighted by atomic mass is 16.6. The van der Waals surface area contributed by atoms with Gasteiger partial charge in [-0.1, -0.05) is 57.3 Å². The third kappa shape index (κ3) is 19.2. The summed E-state index contributed by atoms with van der Waals surface area (Å²) >= 11 is 0. The van der Waals surface area contributed by atoms with Crippen molar-refractivity contribution in [1.82, 2.24) is 0 Å². The molecule has 0 radical (unpaired) electrons. The molecule has 0 aliphatic rings. The van der Waals surface area contributed by atoms with Gasteiger partial charge in [0, 0.05) is 19.8 Å². The SMILES string of the molecule is CCCCCC(=O)/C=C/C=C\CCCCCCCC(=O)OC[C@H](CO)OC(C)=O. The lowest BCUT2D eigenvalue weighted by molar-refractivity contribution is -0.159. The summed E-state index contributed by atoms with van der Waals surface area (Å²) in [7, 11) is 0. The van der Waals surface area contributed by atoms with Crippen molar-refractivity contribution in [2.45, 2.75) is 90.6 Å². The molecule has 1 N–H and O–H groups in total. The number of hydrogen-bond acceptors (Lipinski definition) is 6. The van der Waals surface area contributed by atoms with E-state index in [9.17, 15) is 14.4 Å². The Morgan fingerprint density at radius 1 is 0.931 bits per heavy atom. The second kappa shape index (κ2) is 19.4. The van der Waals surface area contributed by atoms with E-state index in [-0.39, 0.29) is 25.0 Å². The van der Waals surface area contributed by atoms with Crippen LogP contribution in [-0.2, 0) is 23.9 Å². The predicted octanol–water partition coefficient (Wildman–Crippen LogP) is 4.45. The first-order valence-electron chi connectivity index (χ1n) is 10.8. The maximum Gasteiger partial charge on any atom is 0.305 e. The molecule has 0 amide bonds. The first-order chi connectivity index (χ1) is 14.0. The minimum atomic E-state index is -0.793. The Morgan fingerprint density at radius 3 is 2.31 bits per heavy atom. The summed E-state index contributed by atoms with van der Waals surface area (Å²) in [5.41, 5.74) is 0. The van der Waals surface area contributed by atoms with Crippen LogP contribution >= 0.6 is 0 Å². The zero-order valence-electron chi connectivity index (χ0n) is 18.1. The summed E-state index contributed by atoms with van der Waals surface area (Å²) in [5.74, 6) is -0.656. The van der Waals surface area contributed by atoms with Gasteiger partial charge < -0.3 is 14.6 Å². The second-order valence-electron chi connectivity index (χ2n) is 7.11. The van der Waals surface area contributed by atoms with E-state index >= 15 is 0 Å². The highest BCUT2D eigenvalue weighted by Gasteiger charge is 2.13. The first kappa shape index (κ1) is 27.0. The fourth-order valence-electron chi connectivity index (χ4n) is 2.65. The highest BCUT2D eigenvalue weighted by molar-refractivity contribution is 5.89. The molecule has 0 bridgehead atoms. The van der Waals surface area contributed by atoms with Crippen molar-refractivity contribution in [1.29, 1.82) is 0 Å². The zero-order chi connectivity index (χ0) is 21.7. The van der Waals surface area contributed by atoms with Crippen LogP contribution in [0.5, 0.6) is 0 Å². The summed E-state index contributed by atoms with van der Waals surface area (Å²) < 4.78 is 9.80. The average Bonchev–Trinajstić information content (AvgIpc) is 2.69. The van der Waals surface area contributed by atoms with Gasteiger partial charge in [0.25, 0.3) is 0 Å². The molecular formula is C23H38O6. The lowest BCUT2D eigenvalue weighted by Gasteiger charge is -2.14. The molecule has 0 rings (SSSR count). The molecule has 0 heterocycles. The highest BCUT2D eigenvalue weighted by Crippen LogP contribution is 2.09. The molecule has 1 atom stereocenters. The number of esters is 2. The average molecular weight is 411 g/mol. The van der Waals surface area contributed by atoms with Gasteiger partial charge in [-0.2, -0.15) is 0 Å². The second-order valence-corrected chi connectivity index (χ2v) is 7.11. The van der Waals surface area contributed by atoms with Gasteiger partial charge in [-0.05, 0) is 31.8 Å². The monoisotopic (exact) mass is 410 g/mol. The van der Waals surface area contributed by atoms with Crippen molar-refractivity contribution in [2.75, 3.05) is 13.2 Å². The minimum Gasteiger partial charge on any atom is -0.462 e. The number of hydrogen-bond donors (Lipinski definition) is 1. The van der Waals surface area contributed by atoms with Gasteiger partial charge >= 0.3 is 11.9 Å². The Bertz CT molecular complexity index is 509. The molecule has 0 aromatic heterocycles. The normalized spacial score (nSPS) is 12.4. The molecule has 0 aliphatic carbocycles. The zero-order valence-corrected chi connectivity index (χ0v) is 18.1. The molecule has 0 unspecified atom stereocenters. The quantitative estimate of drug-likeness (QED) is 0.155. The van der Waals surface area contributed by atoms with Crippen LogP contribution in [0, 0.1) is 0 Å². The summed E-state index contributed by atoms with van der Waals surface area (Å²) in [4.78, 5) is 34.0. The van der Waals surface area contributed by atoms with Gasteiger partial charge in [-0.25, -0.2) is 0 Å². The van der Waals surface area contributed by atoms with E-state index in [4.69, 9.17) is 14.6 Å². The van der Waals surface area contributed by atoms with Gasteiger partial charge in [0.2, 0.25) is 0 Å². The van der Waals surface area contributed by atoms with Crippen molar-refractivity contribution >= 4 is 17.7 Å².